The van der Waals surface area contributed by atoms with Gasteiger partial charge in [-0.25, -0.2) is 9.37 Å². The smallest absolute Gasteiger partial charge is 0.186 e. The minimum Gasteiger partial charge on any atom is -0.323 e. The molecule has 3 nitrogen and oxygen atoms in total. The van der Waals surface area contributed by atoms with Gasteiger partial charge in [0.15, 0.2) is 10.9 Å². The molecule has 0 unspecified atom stereocenters. The van der Waals surface area contributed by atoms with Crippen LogP contribution in [0.15, 0.2) is 53.3 Å². The summed E-state index contributed by atoms with van der Waals surface area (Å²) < 4.78 is 14.9. The van der Waals surface area contributed by atoms with Gasteiger partial charge in [0.25, 0.3) is 0 Å². The first-order valence-corrected chi connectivity index (χ1v) is 7.28. The topological polar surface area (TPSA) is 34.9 Å². The number of aromatic nitrogens is 2. The zero-order chi connectivity index (χ0) is 13.9. The molecule has 5 heteroatoms. The fraction of sp³-hybridized carbons (Fsp3) is 0.200. The molecule has 0 N–H and O–H groups in total. The van der Waals surface area contributed by atoms with Crippen molar-refractivity contribution in [3.63, 3.8) is 0 Å². The third-order valence-electron chi connectivity index (χ3n) is 3.09. The fourth-order valence-corrected chi connectivity index (χ4v) is 2.66. The van der Waals surface area contributed by atoms with Crippen molar-refractivity contribution in [2.24, 2.45) is 0 Å². The number of thioether (sulfide) groups is 1. The number of halogens is 1. The summed E-state index contributed by atoms with van der Waals surface area (Å²) >= 11 is 1.42. The van der Waals surface area contributed by atoms with Gasteiger partial charge >= 0.3 is 0 Å². The second-order valence-corrected chi connectivity index (χ2v) is 5.51. The zero-order valence-electron chi connectivity index (χ0n) is 10.7. The molecule has 0 spiro atoms. The van der Waals surface area contributed by atoms with Crippen LogP contribution in [0.4, 0.5) is 4.39 Å². The molecule has 0 saturated heterocycles. The second-order valence-electron chi connectivity index (χ2n) is 4.64. The molecular formula is C15H13FN2OS. The van der Waals surface area contributed by atoms with Crippen LogP contribution in [0.1, 0.15) is 29.2 Å². The van der Waals surface area contributed by atoms with E-state index in [2.05, 4.69) is 9.55 Å². The highest BCUT2D eigenvalue weighted by Crippen LogP contribution is 2.37. The predicted octanol–water partition coefficient (Wildman–Crippen LogP) is 3.85. The second kappa shape index (κ2) is 5.63. The van der Waals surface area contributed by atoms with Crippen molar-refractivity contribution in [1.29, 1.82) is 0 Å². The van der Waals surface area contributed by atoms with E-state index in [4.69, 9.17) is 0 Å². The Morgan fingerprint density at radius 1 is 1.35 bits per heavy atom. The average molecular weight is 288 g/mol. The van der Waals surface area contributed by atoms with Crippen LogP contribution in [-0.4, -0.2) is 15.3 Å². The van der Waals surface area contributed by atoms with E-state index in [0.29, 0.717) is 11.6 Å². The number of ketones is 1. The summed E-state index contributed by atoms with van der Waals surface area (Å²) in [6.07, 6.45) is 7.63. The van der Waals surface area contributed by atoms with Crippen LogP contribution in [-0.2, 0) is 0 Å². The molecule has 1 aliphatic rings. The zero-order valence-corrected chi connectivity index (χ0v) is 11.5. The summed E-state index contributed by atoms with van der Waals surface area (Å²) in [7, 11) is 0. The van der Waals surface area contributed by atoms with Crippen molar-refractivity contribution < 1.29 is 9.18 Å². The molecule has 1 fully saturated rings. The number of hydrogen-bond acceptors (Lipinski definition) is 3. The number of carbonyl (C=O) groups is 1. The number of benzene rings is 1. The third-order valence-corrected chi connectivity index (χ3v) is 3.89. The Hall–Kier alpha value is -1.88. The molecule has 1 aromatic heterocycles. The van der Waals surface area contributed by atoms with Crippen molar-refractivity contribution >= 4 is 17.5 Å². The first-order chi connectivity index (χ1) is 9.74. The lowest BCUT2D eigenvalue weighted by Gasteiger charge is -2.01. The van der Waals surface area contributed by atoms with Gasteiger partial charge in [0.2, 0.25) is 0 Å². The summed E-state index contributed by atoms with van der Waals surface area (Å²) in [4.78, 5) is 16.1. The standard InChI is InChI=1S/C15H13FN2OS/c16-12-3-1-11(2-4-12)14(19)7-10-20-15-17-8-9-18(15)13-5-6-13/h1-4,7-10,13H,5-6H2/b10-7+. The lowest BCUT2D eigenvalue weighted by atomic mass is 10.1. The van der Waals surface area contributed by atoms with E-state index in [1.807, 2.05) is 6.20 Å². The van der Waals surface area contributed by atoms with Gasteiger partial charge in [-0.15, -0.1) is 0 Å². The molecule has 3 rings (SSSR count). The summed E-state index contributed by atoms with van der Waals surface area (Å²) in [6, 6.07) is 6.11. The summed E-state index contributed by atoms with van der Waals surface area (Å²) in [5.74, 6) is -0.478. The largest absolute Gasteiger partial charge is 0.323 e. The van der Waals surface area contributed by atoms with Gasteiger partial charge in [0, 0.05) is 24.0 Å². The lowest BCUT2D eigenvalue weighted by molar-refractivity contribution is 0.104. The highest BCUT2D eigenvalue weighted by molar-refractivity contribution is 8.02. The van der Waals surface area contributed by atoms with E-state index in [-0.39, 0.29) is 11.6 Å². The third kappa shape index (κ3) is 2.99. The van der Waals surface area contributed by atoms with Crippen LogP contribution < -0.4 is 0 Å². The molecule has 2 aromatic rings. The molecule has 0 bridgehead atoms. The Labute approximate surface area is 120 Å². The van der Waals surface area contributed by atoms with Gasteiger partial charge in [0.1, 0.15) is 5.82 Å². The van der Waals surface area contributed by atoms with E-state index in [1.54, 1.807) is 11.6 Å². The molecule has 0 amide bonds. The minimum atomic E-state index is -0.341. The van der Waals surface area contributed by atoms with Crippen molar-refractivity contribution in [1.82, 2.24) is 9.55 Å². The van der Waals surface area contributed by atoms with E-state index >= 15 is 0 Å². The monoisotopic (exact) mass is 288 g/mol. The number of allylic oxidation sites excluding steroid dienone is 1. The van der Waals surface area contributed by atoms with E-state index in [9.17, 15) is 9.18 Å². The lowest BCUT2D eigenvalue weighted by Crippen LogP contribution is -1.95. The molecule has 0 atom stereocenters. The number of nitrogens with zero attached hydrogens (tertiary/aromatic N) is 2. The van der Waals surface area contributed by atoms with Crippen LogP contribution in [0.5, 0.6) is 0 Å². The Bertz CT molecular complexity index is 644. The molecule has 0 radical (unpaired) electrons. The van der Waals surface area contributed by atoms with E-state index in [1.165, 1.54) is 54.9 Å². The van der Waals surface area contributed by atoms with Gasteiger partial charge in [0.05, 0.1) is 0 Å². The Morgan fingerprint density at radius 2 is 2.10 bits per heavy atom. The van der Waals surface area contributed by atoms with Crippen LogP contribution in [0, 0.1) is 5.82 Å². The predicted molar refractivity (Wildman–Crippen MR) is 76.2 cm³/mol. The maximum atomic E-state index is 12.8. The van der Waals surface area contributed by atoms with Gasteiger partial charge in [-0.2, -0.15) is 0 Å². The highest BCUT2D eigenvalue weighted by Gasteiger charge is 2.25. The van der Waals surface area contributed by atoms with Crippen LogP contribution >= 0.6 is 11.8 Å². The number of rotatable bonds is 5. The highest BCUT2D eigenvalue weighted by atomic mass is 32.2. The molecule has 1 aliphatic carbocycles. The molecule has 1 heterocycles. The van der Waals surface area contributed by atoms with Crippen molar-refractivity contribution in [2.75, 3.05) is 0 Å². The molecule has 1 aromatic carbocycles. The fourth-order valence-electron chi connectivity index (χ4n) is 1.89. The number of hydrogen-bond donors (Lipinski definition) is 0. The molecule has 0 aliphatic heterocycles. The normalized spacial score (nSPS) is 14.8. The van der Waals surface area contributed by atoms with Crippen LogP contribution in [0.25, 0.3) is 0 Å². The van der Waals surface area contributed by atoms with E-state index < -0.39 is 0 Å². The molecular weight excluding hydrogens is 275 g/mol. The maximum absolute atomic E-state index is 12.8. The summed E-state index contributed by atoms with van der Waals surface area (Å²) in [6.45, 7) is 0. The maximum Gasteiger partial charge on any atom is 0.186 e. The van der Waals surface area contributed by atoms with Gasteiger partial charge in [-0.05, 0) is 48.6 Å². The van der Waals surface area contributed by atoms with Crippen LogP contribution in [0.3, 0.4) is 0 Å². The number of imidazole rings is 1. The molecule has 1 saturated carbocycles. The van der Waals surface area contributed by atoms with Crippen molar-refractivity contribution in [3.8, 4) is 0 Å². The SMILES string of the molecule is O=C(/C=C/Sc1nccn1C1CC1)c1ccc(F)cc1. The van der Waals surface area contributed by atoms with Gasteiger partial charge in [-0.3, -0.25) is 4.79 Å². The summed E-state index contributed by atoms with van der Waals surface area (Å²) in [5, 5.41) is 2.63. The Morgan fingerprint density at radius 3 is 2.80 bits per heavy atom. The first-order valence-electron chi connectivity index (χ1n) is 6.40. The van der Waals surface area contributed by atoms with Crippen molar-refractivity contribution in [3.05, 3.63) is 59.5 Å². The summed E-state index contributed by atoms with van der Waals surface area (Å²) in [5.41, 5.74) is 0.480. The molecule has 102 valence electrons. The van der Waals surface area contributed by atoms with Crippen LogP contribution in [0.2, 0.25) is 0 Å². The Kier molecular flexibility index (Phi) is 3.69. The minimum absolute atomic E-state index is 0.137. The first kappa shape index (κ1) is 13.1. The molecule has 20 heavy (non-hydrogen) atoms. The van der Waals surface area contributed by atoms with E-state index in [0.717, 1.165) is 5.16 Å². The van der Waals surface area contributed by atoms with Crippen molar-refractivity contribution in [2.45, 2.75) is 24.0 Å². The Balaban J connectivity index is 1.63. The average Bonchev–Trinajstić information content (AvgIpc) is 3.19. The van der Waals surface area contributed by atoms with Gasteiger partial charge < -0.3 is 4.57 Å². The van der Waals surface area contributed by atoms with Gasteiger partial charge in [-0.1, -0.05) is 11.8 Å². The number of carbonyl (C=O) groups excluding carboxylic acids is 1. The quantitative estimate of drug-likeness (QED) is 0.476.